The molecule has 0 atom stereocenters. The van der Waals surface area contributed by atoms with Gasteiger partial charge in [-0.1, -0.05) is 6.92 Å². The molecule has 0 amide bonds. The van der Waals surface area contributed by atoms with Gasteiger partial charge in [-0.15, -0.1) is 54.4 Å². The number of hydrogen-bond donors (Lipinski definition) is 0. The summed E-state index contributed by atoms with van der Waals surface area (Å²) in [6.07, 6.45) is 8.33. The van der Waals surface area contributed by atoms with Crippen LogP contribution in [0.2, 0.25) is 0 Å². The molecule has 55 valence electrons. The predicted molar refractivity (Wildman–Crippen MR) is 57.0 cm³/mol. The summed E-state index contributed by atoms with van der Waals surface area (Å²) in [5.41, 5.74) is 1.27. The van der Waals surface area contributed by atoms with Gasteiger partial charge in [-0.25, -0.2) is 11.6 Å². The molecular weight excluding hydrogens is 516 g/mol. The molecule has 0 spiro atoms. The maximum absolute atomic E-state index is 3.12. The van der Waals surface area contributed by atoms with E-state index in [1.54, 1.807) is 0 Å². The molecule has 9 heavy (non-hydrogen) atoms. The Balaban J connectivity index is -0.000000120. The molecule has 0 fully saturated rings. The molecule has 0 bridgehead atoms. The van der Waals surface area contributed by atoms with Gasteiger partial charge in [0.2, 0.25) is 0 Å². The van der Waals surface area contributed by atoms with Crippen LogP contribution in [0.25, 0.3) is 0 Å². The fraction of sp³-hybridized carbons (Fsp3) is 0.333. The maximum Gasteiger partial charge on any atom is 1.00 e. The first-order valence-corrected chi connectivity index (χ1v) is 2.13. The van der Waals surface area contributed by atoms with Crippen LogP contribution in [0, 0.1) is 6.08 Å². The second-order valence-electron chi connectivity index (χ2n) is 1.47. The van der Waals surface area contributed by atoms with Crippen molar-refractivity contribution in [3.05, 3.63) is 23.8 Å². The number of rotatable bonds is 0. The first-order chi connectivity index (χ1) is 2.89. The SMILES string of the molecule is CC1=[C-]CC=C1.I.I.[Os+]. The molecule has 1 aliphatic rings. The fourth-order valence-electron chi connectivity index (χ4n) is 0.515. The standard InChI is InChI=1S/C6H7.2HI.Os/c1-6-4-2-3-5-6;;;/h2,4H,3H2,1H3;2*1H;/q-1;;;+1. The van der Waals surface area contributed by atoms with E-state index in [2.05, 4.69) is 25.2 Å². The molecule has 0 aromatic heterocycles. The molecule has 0 aliphatic heterocycles. The van der Waals surface area contributed by atoms with Crippen LogP contribution in [0.4, 0.5) is 0 Å². The summed E-state index contributed by atoms with van der Waals surface area (Å²) < 4.78 is 0. The average Bonchev–Trinajstić information content (AvgIpc) is 1.86. The third kappa shape index (κ3) is 7.47. The van der Waals surface area contributed by atoms with Crippen molar-refractivity contribution in [3.8, 4) is 0 Å². The Morgan fingerprint density at radius 2 is 2.00 bits per heavy atom. The summed E-state index contributed by atoms with van der Waals surface area (Å²) in [7, 11) is 0. The van der Waals surface area contributed by atoms with Gasteiger partial charge in [0.05, 0.1) is 0 Å². The summed E-state index contributed by atoms with van der Waals surface area (Å²) in [6, 6.07) is 0. The van der Waals surface area contributed by atoms with Crippen LogP contribution in [0.1, 0.15) is 13.3 Å². The third-order valence-electron chi connectivity index (χ3n) is 0.867. The molecule has 0 aromatic carbocycles. The van der Waals surface area contributed by atoms with Crippen LogP contribution in [-0.2, 0) is 19.8 Å². The monoisotopic (exact) mass is 527 g/mol. The summed E-state index contributed by atoms with van der Waals surface area (Å²) in [5.74, 6) is 0. The first-order valence-electron chi connectivity index (χ1n) is 2.13. The van der Waals surface area contributed by atoms with E-state index in [0.29, 0.717) is 0 Å². The summed E-state index contributed by atoms with van der Waals surface area (Å²) >= 11 is 0. The van der Waals surface area contributed by atoms with Crippen molar-refractivity contribution in [2.45, 2.75) is 13.3 Å². The molecule has 0 nitrogen and oxygen atoms in total. The van der Waals surface area contributed by atoms with E-state index in [1.807, 2.05) is 0 Å². The molecule has 3 heteroatoms. The molecule has 0 aromatic rings. The van der Waals surface area contributed by atoms with Crippen molar-refractivity contribution >= 4 is 48.0 Å². The minimum atomic E-state index is 0. The van der Waals surface area contributed by atoms with Crippen molar-refractivity contribution in [1.29, 1.82) is 0 Å². The van der Waals surface area contributed by atoms with Crippen LogP contribution in [0.15, 0.2) is 17.7 Å². The Labute approximate surface area is 104 Å². The van der Waals surface area contributed by atoms with E-state index in [0.717, 1.165) is 6.42 Å². The second kappa shape index (κ2) is 9.58. The molecular formula is C6H9I2Os. The van der Waals surface area contributed by atoms with Gasteiger partial charge in [-0.2, -0.15) is 6.08 Å². The zero-order valence-electron chi connectivity index (χ0n) is 5.03. The Morgan fingerprint density at radius 1 is 1.44 bits per heavy atom. The van der Waals surface area contributed by atoms with Crippen molar-refractivity contribution in [1.82, 2.24) is 0 Å². The zero-order valence-corrected chi connectivity index (χ0v) is 12.2. The largest absolute Gasteiger partial charge is 1.00 e. The van der Waals surface area contributed by atoms with Gasteiger partial charge in [-0.3, -0.25) is 6.08 Å². The molecule has 0 saturated carbocycles. The Kier molecular flexibility index (Phi) is 18.0. The topological polar surface area (TPSA) is 0 Å². The Morgan fingerprint density at radius 3 is 2.11 bits per heavy atom. The van der Waals surface area contributed by atoms with E-state index < -0.39 is 0 Å². The molecule has 1 radical (unpaired) electrons. The van der Waals surface area contributed by atoms with Crippen molar-refractivity contribution in [3.63, 3.8) is 0 Å². The summed E-state index contributed by atoms with van der Waals surface area (Å²) in [5, 5.41) is 0. The average molecular weight is 525 g/mol. The molecule has 0 N–H and O–H groups in total. The fourth-order valence-corrected chi connectivity index (χ4v) is 0.515. The zero-order chi connectivity index (χ0) is 4.41. The van der Waals surface area contributed by atoms with Gasteiger partial charge in [0.1, 0.15) is 0 Å². The molecule has 1 aliphatic carbocycles. The van der Waals surface area contributed by atoms with E-state index in [-0.39, 0.29) is 67.7 Å². The smallest absolute Gasteiger partial charge is 0.270 e. The number of hydrogen-bond acceptors (Lipinski definition) is 0. The maximum atomic E-state index is 3.12. The predicted octanol–water partition coefficient (Wildman–Crippen LogP) is 2.93. The minimum absolute atomic E-state index is 0. The third-order valence-corrected chi connectivity index (χ3v) is 0.867. The van der Waals surface area contributed by atoms with E-state index >= 15 is 0 Å². The first kappa shape index (κ1) is 16.9. The van der Waals surface area contributed by atoms with Crippen LogP contribution in [0.3, 0.4) is 0 Å². The van der Waals surface area contributed by atoms with Gasteiger partial charge in [-0.05, 0) is 0 Å². The van der Waals surface area contributed by atoms with Gasteiger partial charge >= 0.3 is 19.8 Å². The van der Waals surface area contributed by atoms with E-state index in [1.165, 1.54) is 5.57 Å². The Bertz CT molecular complexity index is 105. The summed E-state index contributed by atoms with van der Waals surface area (Å²) in [4.78, 5) is 0. The second-order valence-corrected chi connectivity index (χ2v) is 1.47. The molecule has 1 rings (SSSR count). The van der Waals surface area contributed by atoms with Crippen molar-refractivity contribution in [2.75, 3.05) is 0 Å². The van der Waals surface area contributed by atoms with Gasteiger partial charge in [0, 0.05) is 0 Å². The van der Waals surface area contributed by atoms with Gasteiger partial charge < -0.3 is 0 Å². The Hall–Kier alpha value is 1.58. The number of halogens is 2. The normalized spacial score (nSPS) is 12.3. The van der Waals surface area contributed by atoms with Crippen LogP contribution >= 0.6 is 48.0 Å². The number of allylic oxidation sites excluding steroid dienone is 4. The van der Waals surface area contributed by atoms with E-state index in [9.17, 15) is 0 Å². The van der Waals surface area contributed by atoms with Crippen LogP contribution in [-0.4, -0.2) is 0 Å². The van der Waals surface area contributed by atoms with Crippen molar-refractivity contribution in [2.24, 2.45) is 0 Å². The summed E-state index contributed by atoms with van der Waals surface area (Å²) in [6.45, 7) is 2.06. The molecule has 0 unspecified atom stereocenters. The van der Waals surface area contributed by atoms with Crippen LogP contribution < -0.4 is 0 Å². The van der Waals surface area contributed by atoms with Gasteiger partial charge in [0.15, 0.2) is 0 Å². The van der Waals surface area contributed by atoms with Gasteiger partial charge in [0.25, 0.3) is 0 Å². The van der Waals surface area contributed by atoms with E-state index in [4.69, 9.17) is 0 Å². The van der Waals surface area contributed by atoms with Crippen LogP contribution in [0.5, 0.6) is 0 Å². The molecule has 0 heterocycles. The molecule has 0 saturated heterocycles. The van der Waals surface area contributed by atoms with Crippen molar-refractivity contribution < 1.29 is 19.8 Å². The minimum Gasteiger partial charge on any atom is -0.270 e. The quantitative estimate of drug-likeness (QED) is 0.338.